The van der Waals surface area contributed by atoms with Crippen LogP contribution >= 0.6 is 0 Å². The number of carbonyl (C=O) groups is 2. The van der Waals surface area contributed by atoms with Gasteiger partial charge >= 0.3 is 12.1 Å². The van der Waals surface area contributed by atoms with Gasteiger partial charge in [0.05, 0.1) is 28.1 Å². The molecule has 9 heteroatoms. The maximum atomic E-state index is 13.6. The summed E-state index contributed by atoms with van der Waals surface area (Å²) in [5.74, 6) is -1.33. The lowest BCUT2D eigenvalue weighted by Gasteiger charge is -2.19. The van der Waals surface area contributed by atoms with Crippen molar-refractivity contribution in [2.45, 2.75) is 46.2 Å². The van der Waals surface area contributed by atoms with Crippen molar-refractivity contribution in [2.75, 3.05) is 5.01 Å². The Labute approximate surface area is 230 Å². The number of nitrogens with zero attached hydrogens (tertiary/aromatic N) is 2. The molecule has 1 N–H and O–H groups in total. The second-order valence-electron chi connectivity index (χ2n) is 10.8. The lowest BCUT2D eigenvalue weighted by molar-refractivity contribution is -0.137. The summed E-state index contributed by atoms with van der Waals surface area (Å²) in [6.45, 7) is 9.84. The van der Waals surface area contributed by atoms with Crippen molar-refractivity contribution in [3.8, 4) is 11.5 Å². The number of hydrogen-bond donors (Lipinski definition) is 1. The minimum absolute atomic E-state index is 0.0421. The van der Waals surface area contributed by atoms with E-state index in [4.69, 9.17) is 9.84 Å². The van der Waals surface area contributed by atoms with Gasteiger partial charge in [-0.3, -0.25) is 4.79 Å². The first-order valence-electron chi connectivity index (χ1n) is 12.6. The third-order valence-corrected chi connectivity index (χ3v) is 6.40. The Balaban J connectivity index is 1.76. The van der Waals surface area contributed by atoms with E-state index in [0.717, 1.165) is 22.7 Å². The van der Waals surface area contributed by atoms with Crippen LogP contribution in [0.3, 0.4) is 0 Å². The van der Waals surface area contributed by atoms with Gasteiger partial charge in [-0.05, 0) is 77.6 Å². The zero-order valence-electron chi connectivity index (χ0n) is 22.7. The van der Waals surface area contributed by atoms with Crippen LogP contribution in [-0.2, 0) is 16.4 Å². The monoisotopic (exact) mass is 550 g/mol. The molecule has 3 aromatic rings. The van der Waals surface area contributed by atoms with Crippen molar-refractivity contribution >= 4 is 29.4 Å². The fourth-order valence-electron chi connectivity index (χ4n) is 4.15. The zero-order chi connectivity index (χ0) is 29.4. The standard InChI is InChI=1S/C31H29F3N2O4/c1-18(2)27-25(28(37)36(35-27)23-11-6-19(7-12-23)29(38)39)17-20-16-22(31(32,33)34)10-15-26(20)40-24-13-8-21(9-14-24)30(3,4)5/h6-18H,1-5H3,(H,38,39). The molecule has 1 aliphatic heterocycles. The number of carboxylic acids is 1. The molecule has 1 aliphatic rings. The summed E-state index contributed by atoms with van der Waals surface area (Å²) in [4.78, 5) is 24.7. The van der Waals surface area contributed by atoms with E-state index in [0.29, 0.717) is 17.1 Å². The smallest absolute Gasteiger partial charge is 0.416 e. The van der Waals surface area contributed by atoms with Gasteiger partial charge in [0.25, 0.3) is 5.91 Å². The second-order valence-corrected chi connectivity index (χ2v) is 10.8. The molecule has 1 amide bonds. The summed E-state index contributed by atoms with van der Waals surface area (Å²) >= 11 is 0. The van der Waals surface area contributed by atoms with Crippen molar-refractivity contribution in [1.29, 1.82) is 0 Å². The van der Waals surface area contributed by atoms with Crippen LogP contribution in [0.2, 0.25) is 0 Å². The highest BCUT2D eigenvalue weighted by atomic mass is 19.4. The van der Waals surface area contributed by atoms with Gasteiger partial charge in [0.1, 0.15) is 11.5 Å². The van der Waals surface area contributed by atoms with E-state index >= 15 is 0 Å². The Morgan fingerprint density at radius 1 is 0.950 bits per heavy atom. The number of rotatable bonds is 6. The number of hydrogen-bond acceptors (Lipinski definition) is 4. The maximum absolute atomic E-state index is 13.6. The molecule has 4 rings (SSSR count). The minimum Gasteiger partial charge on any atom is -0.478 e. The van der Waals surface area contributed by atoms with E-state index in [2.05, 4.69) is 25.9 Å². The van der Waals surface area contributed by atoms with Crippen molar-refractivity contribution in [2.24, 2.45) is 11.0 Å². The Hall–Kier alpha value is -4.40. The molecule has 0 spiro atoms. The van der Waals surface area contributed by atoms with Crippen LogP contribution in [0.1, 0.15) is 61.7 Å². The second kappa shape index (κ2) is 10.6. The molecule has 0 fully saturated rings. The molecule has 0 aromatic heterocycles. The van der Waals surface area contributed by atoms with Crippen LogP contribution in [-0.4, -0.2) is 22.7 Å². The van der Waals surface area contributed by atoms with Crippen LogP contribution in [0.4, 0.5) is 18.9 Å². The fourth-order valence-corrected chi connectivity index (χ4v) is 4.15. The third-order valence-electron chi connectivity index (χ3n) is 6.40. The number of carbonyl (C=O) groups excluding carboxylic acids is 1. The number of ether oxygens (including phenoxy) is 1. The van der Waals surface area contributed by atoms with Crippen LogP contribution in [0.5, 0.6) is 11.5 Å². The Morgan fingerprint density at radius 2 is 1.55 bits per heavy atom. The molecule has 0 radical (unpaired) electrons. The van der Waals surface area contributed by atoms with Gasteiger partial charge in [-0.1, -0.05) is 46.8 Å². The van der Waals surface area contributed by atoms with Crippen molar-refractivity contribution in [3.05, 3.63) is 94.6 Å². The fraction of sp³-hybridized carbons (Fsp3) is 0.258. The van der Waals surface area contributed by atoms with Gasteiger partial charge in [0, 0.05) is 5.56 Å². The Kier molecular flexibility index (Phi) is 7.61. The lowest BCUT2D eigenvalue weighted by Crippen LogP contribution is -2.21. The van der Waals surface area contributed by atoms with E-state index in [-0.39, 0.29) is 33.8 Å². The van der Waals surface area contributed by atoms with Crippen LogP contribution < -0.4 is 9.75 Å². The van der Waals surface area contributed by atoms with Gasteiger partial charge in [-0.15, -0.1) is 0 Å². The molecule has 0 unspecified atom stereocenters. The first-order chi connectivity index (χ1) is 18.6. The average molecular weight is 551 g/mol. The highest BCUT2D eigenvalue weighted by Crippen LogP contribution is 2.37. The highest BCUT2D eigenvalue weighted by molar-refractivity contribution is 6.33. The van der Waals surface area contributed by atoms with Gasteiger partial charge < -0.3 is 9.84 Å². The molecular formula is C31H29F3N2O4. The third kappa shape index (κ3) is 6.09. The maximum Gasteiger partial charge on any atom is 0.416 e. The molecule has 0 bridgehead atoms. The van der Waals surface area contributed by atoms with Crippen LogP contribution in [0.15, 0.2) is 77.4 Å². The molecule has 0 atom stereocenters. The Bertz CT molecular complexity index is 1500. The number of carboxylic acid groups (broad SMARTS) is 1. The van der Waals surface area contributed by atoms with Gasteiger partial charge in [-0.2, -0.15) is 23.3 Å². The highest BCUT2D eigenvalue weighted by Gasteiger charge is 2.34. The average Bonchev–Trinajstić information content (AvgIpc) is 3.20. The normalized spacial score (nSPS) is 15.1. The molecule has 208 valence electrons. The van der Waals surface area contributed by atoms with Gasteiger partial charge in [0.2, 0.25) is 0 Å². The summed E-state index contributed by atoms with van der Waals surface area (Å²) in [6, 6.07) is 16.0. The predicted molar refractivity (Wildman–Crippen MR) is 148 cm³/mol. The van der Waals surface area contributed by atoms with Crippen molar-refractivity contribution in [3.63, 3.8) is 0 Å². The summed E-state index contributed by atoms with van der Waals surface area (Å²) in [5.41, 5.74) is 1.03. The predicted octanol–water partition coefficient (Wildman–Crippen LogP) is 7.94. The SMILES string of the molecule is CC(C)C1=NN(c2ccc(C(=O)O)cc2)C(=O)C1=Cc1cc(C(F)(F)F)ccc1Oc1ccc(C(C)(C)C)cc1. The molecule has 40 heavy (non-hydrogen) atoms. The van der Waals surface area contributed by atoms with Gasteiger partial charge in [0.15, 0.2) is 0 Å². The number of anilines is 1. The molecule has 0 aliphatic carbocycles. The minimum atomic E-state index is -4.60. The molecular weight excluding hydrogens is 521 g/mol. The summed E-state index contributed by atoms with van der Waals surface area (Å²) < 4.78 is 46.9. The molecule has 1 heterocycles. The molecule has 3 aromatic carbocycles. The Morgan fingerprint density at radius 3 is 2.08 bits per heavy atom. The number of alkyl halides is 3. The van der Waals surface area contributed by atoms with Crippen molar-refractivity contribution < 1.29 is 32.6 Å². The topological polar surface area (TPSA) is 79.2 Å². The summed E-state index contributed by atoms with van der Waals surface area (Å²) in [5, 5.41) is 14.7. The molecule has 0 saturated carbocycles. The zero-order valence-corrected chi connectivity index (χ0v) is 22.7. The first-order valence-corrected chi connectivity index (χ1v) is 12.6. The van der Waals surface area contributed by atoms with E-state index < -0.39 is 23.6 Å². The van der Waals surface area contributed by atoms with E-state index in [1.54, 1.807) is 12.1 Å². The summed E-state index contributed by atoms with van der Waals surface area (Å²) in [7, 11) is 0. The van der Waals surface area contributed by atoms with Crippen LogP contribution in [0.25, 0.3) is 6.08 Å². The van der Waals surface area contributed by atoms with Gasteiger partial charge in [-0.25, -0.2) is 4.79 Å². The van der Waals surface area contributed by atoms with E-state index in [1.165, 1.54) is 36.4 Å². The number of aromatic carboxylic acids is 1. The quantitative estimate of drug-likeness (QED) is 0.316. The number of halogens is 3. The van der Waals surface area contributed by atoms with Crippen molar-refractivity contribution in [1.82, 2.24) is 0 Å². The lowest BCUT2D eigenvalue weighted by atomic mass is 9.87. The number of amides is 1. The number of benzene rings is 3. The molecule has 0 saturated heterocycles. The van der Waals surface area contributed by atoms with E-state index in [9.17, 15) is 22.8 Å². The first kappa shape index (κ1) is 28.6. The van der Waals surface area contributed by atoms with E-state index in [1.807, 2.05) is 26.0 Å². The molecule has 6 nitrogen and oxygen atoms in total. The number of hydrazone groups is 1. The largest absolute Gasteiger partial charge is 0.478 e. The van der Waals surface area contributed by atoms with Crippen LogP contribution in [0, 0.1) is 5.92 Å². The summed E-state index contributed by atoms with van der Waals surface area (Å²) in [6.07, 6.45) is -3.24.